The number of amides is 1. The van der Waals surface area contributed by atoms with Gasteiger partial charge in [0.2, 0.25) is 5.91 Å². The summed E-state index contributed by atoms with van der Waals surface area (Å²) in [6, 6.07) is 4.00. The Morgan fingerprint density at radius 1 is 1.53 bits per heavy atom. The highest BCUT2D eigenvalue weighted by Crippen LogP contribution is 2.25. The molecular formula is C12H14ClFN2O. The predicted octanol–water partition coefficient (Wildman–Crippen LogP) is 2.19. The number of rotatable bonds is 3. The van der Waals surface area contributed by atoms with Gasteiger partial charge in [0.25, 0.3) is 0 Å². The number of halogens is 2. The van der Waals surface area contributed by atoms with Crippen LogP contribution >= 0.6 is 11.6 Å². The molecule has 0 aromatic heterocycles. The van der Waals surface area contributed by atoms with E-state index >= 15 is 0 Å². The van der Waals surface area contributed by atoms with Crippen LogP contribution in [0.4, 0.5) is 10.1 Å². The molecule has 1 aromatic rings. The first kappa shape index (κ1) is 12.3. The third-order valence-corrected chi connectivity index (χ3v) is 3.03. The quantitative estimate of drug-likeness (QED) is 0.899. The molecule has 5 heteroatoms. The molecule has 1 aliphatic rings. The van der Waals surface area contributed by atoms with Gasteiger partial charge in [-0.3, -0.25) is 4.79 Å². The summed E-state index contributed by atoms with van der Waals surface area (Å²) in [7, 11) is 0. The number of nitrogens with one attached hydrogen (secondary N) is 1. The first-order chi connectivity index (χ1) is 8.11. The summed E-state index contributed by atoms with van der Waals surface area (Å²) < 4.78 is 13.2. The minimum Gasteiger partial charge on any atom is -0.311 e. The van der Waals surface area contributed by atoms with Gasteiger partial charge in [-0.1, -0.05) is 18.5 Å². The molecular weight excluding hydrogens is 243 g/mol. The third kappa shape index (κ3) is 2.58. The maximum Gasteiger partial charge on any atom is 0.244 e. The lowest BCUT2D eigenvalue weighted by Gasteiger charge is -2.17. The van der Waals surface area contributed by atoms with E-state index in [9.17, 15) is 9.18 Å². The van der Waals surface area contributed by atoms with E-state index in [0.29, 0.717) is 17.3 Å². The minimum atomic E-state index is -0.424. The second-order valence-electron chi connectivity index (χ2n) is 4.02. The Labute approximate surface area is 105 Å². The maximum atomic E-state index is 13.2. The highest BCUT2D eigenvalue weighted by molar-refractivity contribution is 6.31. The zero-order chi connectivity index (χ0) is 12.4. The number of carbonyl (C=O) groups is 1. The van der Waals surface area contributed by atoms with Crippen LogP contribution < -0.4 is 10.2 Å². The average Bonchev–Trinajstić information content (AvgIpc) is 2.60. The van der Waals surface area contributed by atoms with Crippen molar-refractivity contribution < 1.29 is 9.18 Å². The summed E-state index contributed by atoms with van der Waals surface area (Å²) >= 11 is 5.78. The minimum absolute atomic E-state index is 0.0199. The molecule has 1 atom stereocenters. The van der Waals surface area contributed by atoms with Crippen LogP contribution in [-0.2, 0) is 4.79 Å². The molecule has 92 valence electrons. The van der Waals surface area contributed by atoms with Crippen molar-refractivity contribution in [3.8, 4) is 0 Å². The molecule has 1 fully saturated rings. The molecule has 1 heterocycles. The fourth-order valence-electron chi connectivity index (χ4n) is 2.07. The Morgan fingerprint density at radius 3 is 2.94 bits per heavy atom. The van der Waals surface area contributed by atoms with Gasteiger partial charge in [-0.15, -0.1) is 0 Å². The number of carbonyl (C=O) groups excluding carboxylic acids is 1. The second-order valence-corrected chi connectivity index (χ2v) is 4.45. The Morgan fingerprint density at radius 2 is 2.29 bits per heavy atom. The van der Waals surface area contributed by atoms with Crippen LogP contribution in [0.3, 0.4) is 0 Å². The first-order valence-electron chi connectivity index (χ1n) is 5.62. The van der Waals surface area contributed by atoms with Crippen molar-refractivity contribution in [1.29, 1.82) is 0 Å². The van der Waals surface area contributed by atoms with Crippen molar-refractivity contribution in [2.24, 2.45) is 0 Å². The van der Waals surface area contributed by atoms with Crippen LogP contribution in [0.15, 0.2) is 18.2 Å². The van der Waals surface area contributed by atoms with Crippen LogP contribution in [0, 0.1) is 5.82 Å². The van der Waals surface area contributed by atoms with Crippen molar-refractivity contribution in [1.82, 2.24) is 5.32 Å². The van der Waals surface area contributed by atoms with E-state index in [2.05, 4.69) is 5.32 Å². The van der Waals surface area contributed by atoms with Crippen molar-refractivity contribution in [2.45, 2.75) is 19.4 Å². The zero-order valence-electron chi connectivity index (χ0n) is 9.54. The lowest BCUT2D eigenvalue weighted by atomic mass is 10.2. The van der Waals surface area contributed by atoms with E-state index in [1.807, 2.05) is 6.92 Å². The van der Waals surface area contributed by atoms with E-state index < -0.39 is 5.82 Å². The molecule has 1 amide bonds. The summed E-state index contributed by atoms with van der Waals surface area (Å²) in [5.74, 6) is -0.444. The Bertz CT molecular complexity index is 418. The van der Waals surface area contributed by atoms with Gasteiger partial charge in [0, 0.05) is 17.3 Å². The maximum absolute atomic E-state index is 13.2. The number of hydrogen-bond acceptors (Lipinski definition) is 2. The number of likely N-dealkylation sites (N-methyl/N-ethyl adjacent to an activating group) is 1. The molecule has 0 saturated carbocycles. The van der Waals surface area contributed by atoms with Crippen LogP contribution in [0.5, 0.6) is 0 Å². The number of hydrogen-bond donors (Lipinski definition) is 1. The molecule has 1 aromatic carbocycles. The third-order valence-electron chi connectivity index (χ3n) is 2.82. The molecule has 0 radical (unpaired) electrons. The molecule has 0 bridgehead atoms. The van der Waals surface area contributed by atoms with Crippen LogP contribution in [-0.4, -0.2) is 25.0 Å². The van der Waals surface area contributed by atoms with Gasteiger partial charge in [-0.05, 0) is 31.2 Å². The number of benzene rings is 1. The summed E-state index contributed by atoms with van der Waals surface area (Å²) in [5.41, 5.74) is 0.528. The van der Waals surface area contributed by atoms with Crippen molar-refractivity contribution >= 4 is 23.2 Å². The summed E-state index contributed by atoms with van der Waals surface area (Å²) in [6.07, 6.45) is 0.737. The van der Waals surface area contributed by atoms with Crippen LogP contribution in [0.1, 0.15) is 13.3 Å². The molecule has 1 unspecified atom stereocenters. The molecule has 0 spiro atoms. The SMILES string of the molecule is CCNC1CCN(c2cc(F)cc(Cl)c2)C1=O. The van der Waals surface area contributed by atoms with Crippen LogP contribution in [0.25, 0.3) is 0 Å². The van der Waals surface area contributed by atoms with Crippen molar-refractivity contribution in [3.63, 3.8) is 0 Å². The standard InChI is InChI=1S/C12H14ClFN2O/c1-2-15-11-3-4-16(12(11)17)10-6-8(13)5-9(14)7-10/h5-7,11,15H,2-4H2,1H3. The number of nitrogens with zero attached hydrogens (tertiary/aromatic N) is 1. The zero-order valence-corrected chi connectivity index (χ0v) is 10.3. The molecule has 3 nitrogen and oxygen atoms in total. The van der Waals surface area contributed by atoms with E-state index in [-0.39, 0.29) is 11.9 Å². The normalized spacial score (nSPS) is 20.1. The highest BCUT2D eigenvalue weighted by atomic mass is 35.5. The highest BCUT2D eigenvalue weighted by Gasteiger charge is 2.31. The Balaban J connectivity index is 2.21. The molecule has 1 N–H and O–H groups in total. The molecule has 1 aliphatic heterocycles. The number of anilines is 1. The van der Waals surface area contributed by atoms with Crippen molar-refractivity contribution in [3.05, 3.63) is 29.0 Å². The Hall–Kier alpha value is -1.13. The van der Waals surface area contributed by atoms with Crippen molar-refractivity contribution in [2.75, 3.05) is 18.0 Å². The topological polar surface area (TPSA) is 32.3 Å². The van der Waals surface area contributed by atoms with Gasteiger partial charge in [0.15, 0.2) is 0 Å². The largest absolute Gasteiger partial charge is 0.311 e. The van der Waals surface area contributed by atoms with E-state index in [1.165, 1.54) is 12.1 Å². The fraction of sp³-hybridized carbons (Fsp3) is 0.417. The van der Waals surface area contributed by atoms with Gasteiger partial charge in [-0.2, -0.15) is 0 Å². The predicted molar refractivity (Wildman–Crippen MR) is 65.8 cm³/mol. The van der Waals surface area contributed by atoms with Gasteiger partial charge in [0.1, 0.15) is 5.82 Å². The monoisotopic (exact) mass is 256 g/mol. The van der Waals surface area contributed by atoms with E-state index in [0.717, 1.165) is 13.0 Å². The second kappa shape index (κ2) is 5.02. The molecule has 17 heavy (non-hydrogen) atoms. The van der Waals surface area contributed by atoms with Gasteiger partial charge < -0.3 is 10.2 Å². The lowest BCUT2D eigenvalue weighted by molar-refractivity contribution is -0.118. The van der Waals surface area contributed by atoms with E-state index in [1.54, 1.807) is 11.0 Å². The molecule has 0 aliphatic carbocycles. The lowest BCUT2D eigenvalue weighted by Crippen LogP contribution is -2.38. The first-order valence-corrected chi connectivity index (χ1v) is 6.00. The average molecular weight is 257 g/mol. The smallest absolute Gasteiger partial charge is 0.244 e. The van der Waals surface area contributed by atoms with E-state index in [4.69, 9.17) is 11.6 Å². The van der Waals surface area contributed by atoms with Crippen LogP contribution in [0.2, 0.25) is 5.02 Å². The summed E-state index contributed by atoms with van der Waals surface area (Å²) in [6.45, 7) is 3.29. The molecule has 1 saturated heterocycles. The Kier molecular flexibility index (Phi) is 3.64. The van der Waals surface area contributed by atoms with Gasteiger partial charge in [-0.25, -0.2) is 4.39 Å². The summed E-state index contributed by atoms with van der Waals surface area (Å²) in [5, 5.41) is 3.41. The van der Waals surface area contributed by atoms with Gasteiger partial charge in [0.05, 0.1) is 6.04 Å². The van der Waals surface area contributed by atoms with Gasteiger partial charge >= 0.3 is 0 Å². The summed E-state index contributed by atoms with van der Waals surface area (Å²) in [4.78, 5) is 13.6. The molecule has 2 rings (SSSR count). The fourth-order valence-corrected chi connectivity index (χ4v) is 2.28.